The first-order valence-electron chi connectivity index (χ1n) is 4.43. The molecule has 2 aromatic heterocycles. The van der Waals surface area contributed by atoms with Crippen LogP contribution in [0.1, 0.15) is 23.0 Å². The van der Waals surface area contributed by atoms with Crippen molar-refractivity contribution in [1.29, 1.82) is 0 Å². The Labute approximate surface area is 96.0 Å². The Bertz CT molecular complexity index is 603. The van der Waals surface area contributed by atoms with Gasteiger partial charge in [0.05, 0.1) is 18.1 Å². The molecule has 0 unspecified atom stereocenters. The fourth-order valence-corrected chi connectivity index (χ4v) is 1.62. The van der Waals surface area contributed by atoms with Crippen LogP contribution >= 0.6 is 11.6 Å². The molecule has 0 amide bonds. The van der Waals surface area contributed by atoms with Gasteiger partial charge in [0.25, 0.3) is 0 Å². The Morgan fingerprint density at radius 2 is 2.31 bits per heavy atom. The molecular weight excluding hydrogens is 230 g/mol. The van der Waals surface area contributed by atoms with Gasteiger partial charge in [-0.3, -0.25) is 0 Å². The van der Waals surface area contributed by atoms with E-state index in [9.17, 15) is 4.79 Å². The number of hydrogen-bond acceptors (Lipinski definition) is 3. The maximum atomic E-state index is 11.0. The van der Waals surface area contributed by atoms with Gasteiger partial charge in [0.15, 0.2) is 0 Å². The lowest BCUT2D eigenvalue weighted by Crippen LogP contribution is -2.00. The van der Waals surface area contributed by atoms with E-state index < -0.39 is 5.97 Å². The highest BCUT2D eigenvalue weighted by Gasteiger charge is 2.17. The number of carboxylic acids is 1. The van der Waals surface area contributed by atoms with E-state index in [1.54, 1.807) is 6.92 Å². The molecule has 2 rings (SSSR count). The minimum absolute atomic E-state index is 0.0853. The van der Waals surface area contributed by atoms with Crippen LogP contribution in [-0.2, 0) is 0 Å². The smallest absolute Gasteiger partial charge is 0.339 e. The molecule has 2 heterocycles. The topological polar surface area (TPSA) is 67.5 Å². The summed E-state index contributed by atoms with van der Waals surface area (Å²) in [6.07, 6.45) is 2.72. The molecule has 82 valence electrons. The summed E-state index contributed by atoms with van der Waals surface area (Å²) < 4.78 is 1.39. The summed E-state index contributed by atoms with van der Waals surface area (Å²) in [6, 6.07) is 0. The van der Waals surface area contributed by atoms with E-state index in [1.807, 2.05) is 0 Å². The first-order chi connectivity index (χ1) is 7.50. The molecule has 0 bridgehead atoms. The first kappa shape index (κ1) is 10.6. The molecule has 0 aliphatic heterocycles. The van der Waals surface area contributed by atoms with Gasteiger partial charge < -0.3 is 5.11 Å². The molecule has 0 fully saturated rings. The first-order valence-corrected chi connectivity index (χ1v) is 4.81. The Morgan fingerprint density at radius 1 is 1.62 bits per heavy atom. The number of hydrogen-bond donors (Lipinski definition) is 1. The molecule has 16 heavy (non-hydrogen) atoms. The maximum Gasteiger partial charge on any atom is 0.339 e. The van der Waals surface area contributed by atoms with Gasteiger partial charge in [-0.15, -0.1) is 0 Å². The molecule has 6 heteroatoms. The molecule has 0 saturated carbocycles. The third kappa shape index (κ3) is 1.55. The molecule has 1 N–H and O–H groups in total. The second kappa shape index (κ2) is 3.61. The van der Waals surface area contributed by atoms with Crippen molar-refractivity contribution in [3.63, 3.8) is 0 Å². The number of aromatic nitrogens is 3. The van der Waals surface area contributed by atoms with Crippen molar-refractivity contribution in [2.24, 2.45) is 0 Å². The van der Waals surface area contributed by atoms with Crippen LogP contribution in [0.15, 0.2) is 19.0 Å². The number of fused-ring (bicyclic) bond motifs is 1. The van der Waals surface area contributed by atoms with Crippen molar-refractivity contribution in [2.45, 2.75) is 6.92 Å². The average molecular weight is 238 g/mol. The van der Waals surface area contributed by atoms with Gasteiger partial charge in [-0.05, 0) is 12.5 Å². The highest BCUT2D eigenvalue weighted by molar-refractivity contribution is 6.29. The van der Waals surface area contributed by atoms with Gasteiger partial charge in [0.2, 0.25) is 0 Å². The van der Waals surface area contributed by atoms with E-state index in [2.05, 4.69) is 16.7 Å². The fourth-order valence-electron chi connectivity index (χ4n) is 1.44. The number of halogens is 1. The molecule has 2 aromatic rings. The van der Waals surface area contributed by atoms with Crippen molar-refractivity contribution >= 4 is 28.7 Å². The highest BCUT2D eigenvalue weighted by atomic mass is 35.5. The Kier molecular flexibility index (Phi) is 2.40. The largest absolute Gasteiger partial charge is 0.478 e. The average Bonchev–Trinajstić information content (AvgIpc) is 2.59. The second-order valence-electron chi connectivity index (χ2n) is 3.35. The number of rotatable bonds is 2. The van der Waals surface area contributed by atoms with Gasteiger partial charge in [0.1, 0.15) is 16.2 Å². The van der Waals surface area contributed by atoms with Crippen molar-refractivity contribution in [1.82, 2.24) is 14.6 Å². The predicted molar refractivity (Wildman–Crippen MR) is 59.7 cm³/mol. The molecule has 0 aliphatic rings. The van der Waals surface area contributed by atoms with Crippen LogP contribution in [0.5, 0.6) is 0 Å². The Balaban J connectivity index is 2.90. The van der Waals surface area contributed by atoms with Gasteiger partial charge in [-0.1, -0.05) is 18.2 Å². The SMILES string of the molecule is C=C(C)c1nc(Cl)cn2ncc(C(=O)O)c12. The van der Waals surface area contributed by atoms with Gasteiger partial charge in [-0.25, -0.2) is 14.3 Å². The highest BCUT2D eigenvalue weighted by Crippen LogP contribution is 2.22. The normalized spacial score (nSPS) is 10.6. The Hall–Kier alpha value is -1.88. The number of nitrogens with zero attached hydrogens (tertiary/aromatic N) is 3. The van der Waals surface area contributed by atoms with E-state index in [4.69, 9.17) is 16.7 Å². The minimum atomic E-state index is -1.05. The summed E-state index contributed by atoms with van der Waals surface area (Å²) in [5.41, 5.74) is 1.57. The van der Waals surface area contributed by atoms with Crippen LogP contribution in [0.2, 0.25) is 5.15 Å². The lowest BCUT2D eigenvalue weighted by Gasteiger charge is -2.04. The zero-order valence-corrected chi connectivity index (χ0v) is 9.19. The zero-order valence-electron chi connectivity index (χ0n) is 8.44. The zero-order chi connectivity index (χ0) is 11.9. The molecule has 5 nitrogen and oxygen atoms in total. The summed E-state index contributed by atoms with van der Waals surface area (Å²) in [5.74, 6) is -1.05. The maximum absolute atomic E-state index is 11.0. The van der Waals surface area contributed by atoms with Crippen molar-refractivity contribution in [2.75, 3.05) is 0 Å². The molecule has 0 aromatic carbocycles. The second-order valence-corrected chi connectivity index (χ2v) is 3.74. The third-order valence-electron chi connectivity index (χ3n) is 2.10. The molecule has 0 radical (unpaired) electrons. The third-order valence-corrected chi connectivity index (χ3v) is 2.28. The number of allylic oxidation sites excluding steroid dienone is 1. The lowest BCUT2D eigenvalue weighted by molar-refractivity contribution is 0.0699. The molecule has 0 saturated heterocycles. The molecule has 0 atom stereocenters. The van der Waals surface area contributed by atoms with Crippen LogP contribution in [0, 0.1) is 0 Å². The van der Waals surface area contributed by atoms with E-state index in [-0.39, 0.29) is 10.7 Å². The summed E-state index contributed by atoms with van der Waals surface area (Å²) in [6.45, 7) is 5.47. The number of carbonyl (C=O) groups is 1. The van der Waals surface area contributed by atoms with Crippen molar-refractivity contribution in [3.8, 4) is 0 Å². The standard InChI is InChI=1S/C10H8ClN3O2/c1-5(2)8-9-6(10(15)16)3-12-14(9)4-7(11)13-8/h3-4H,1H2,2H3,(H,15,16). The van der Waals surface area contributed by atoms with Crippen LogP contribution in [0.25, 0.3) is 11.1 Å². The number of aromatic carboxylic acids is 1. The van der Waals surface area contributed by atoms with E-state index in [1.165, 1.54) is 16.9 Å². The van der Waals surface area contributed by atoms with E-state index in [0.29, 0.717) is 16.8 Å². The fraction of sp³-hybridized carbons (Fsp3) is 0.100. The lowest BCUT2D eigenvalue weighted by atomic mass is 10.1. The van der Waals surface area contributed by atoms with Gasteiger partial charge in [-0.2, -0.15) is 5.10 Å². The van der Waals surface area contributed by atoms with Crippen LogP contribution in [0.4, 0.5) is 0 Å². The van der Waals surface area contributed by atoms with Crippen LogP contribution < -0.4 is 0 Å². The van der Waals surface area contributed by atoms with Crippen molar-refractivity contribution in [3.05, 3.63) is 35.4 Å². The summed E-state index contributed by atoms with van der Waals surface area (Å²) in [4.78, 5) is 15.0. The molecular formula is C10H8ClN3O2. The monoisotopic (exact) mass is 237 g/mol. The van der Waals surface area contributed by atoms with Gasteiger partial charge in [0, 0.05) is 0 Å². The minimum Gasteiger partial charge on any atom is -0.478 e. The summed E-state index contributed by atoms with van der Waals surface area (Å²) in [7, 11) is 0. The Morgan fingerprint density at radius 3 is 2.88 bits per heavy atom. The van der Waals surface area contributed by atoms with Crippen LogP contribution in [-0.4, -0.2) is 25.7 Å². The van der Waals surface area contributed by atoms with Gasteiger partial charge >= 0.3 is 5.97 Å². The quantitative estimate of drug-likeness (QED) is 0.869. The van der Waals surface area contributed by atoms with E-state index in [0.717, 1.165) is 0 Å². The number of carboxylic acid groups (broad SMARTS) is 1. The van der Waals surface area contributed by atoms with Crippen LogP contribution in [0.3, 0.4) is 0 Å². The summed E-state index contributed by atoms with van der Waals surface area (Å²) >= 11 is 5.80. The predicted octanol–water partition coefficient (Wildman–Crippen LogP) is 2.11. The van der Waals surface area contributed by atoms with Crippen molar-refractivity contribution < 1.29 is 9.90 Å². The molecule has 0 aliphatic carbocycles. The molecule has 0 spiro atoms. The van der Waals surface area contributed by atoms with E-state index >= 15 is 0 Å². The summed E-state index contributed by atoms with van der Waals surface area (Å²) in [5, 5.41) is 13.2.